The number of anilines is 2. The van der Waals surface area contributed by atoms with Gasteiger partial charge in [0.2, 0.25) is 0 Å². The number of urea groups is 1. The van der Waals surface area contributed by atoms with Gasteiger partial charge in [-0.2, -0.15) is 0 Å². The number of hydrogen-bond donors (Lipinski definition) is 2. The van der Waals surface area contributed by atoms with E-state index in [1.54, 1.807) is 23.1 Å². The number of methoxy groups -OCH3 is 2. The third-order valence-corrected chi connectivity index (χ3v) is 5.16. The average molecular weight is 448 g/mol. The molecule has 0 atom stereocenters. The van der Waals surface area contributed by atoms with Crippen molar-refractivity contribution in [2.75, 3.05) is 37.5 Å². The Morgan fingerprint density at radius 1 is 0.879 bits per heavy atom. The molecule has 0 radical (unpaired) electrons. The van der Waals surface area contributed by atoms with Crippen molar-refractivity contribution >= 4 is 23.3 Å². The van der Waals surface area contributed by atoms with Crippen LogP contribution in [0.2, 0.25) is 0 Å². The molecule has 3 amide bonds. The van der Waals surface area contributed by atoms with E-state index >= 15 is 0 Å². The molecule has 7 heteroatoms. The molecule has 3 rings (SSSR count). The highest BCUT2D eigenvalue weighted by Crippen LogP contribution is 2.22. The van der Waals surface area contributed by atoms with Gasteiger partial charge in [0.05, 0.1) is 14.2 Å². The van der Waals surface area contributed by atoms with Gasteiger partial charge in [-0.15, -0.1) is 0 Å². The Balaban J connectivity index is 1.63. The van der Waals surface area contributed by atoms with E-state index in [-0.39, 0.29) is 11.9 Å². The molecule has 172 valence electrons. The molecule has 0 aromatic heterocycles. The summed E-state index contributed by atoms with van der Waals surface area (Å²) in [6.07, 6.45) is 0.572. The van der Waals surface area contributed by atoms with E-state index in [0.717, 1.165) is 16.9 Å². The van der Waals surface area contributed by atoms with Crippen molar-refractivity contribution in [2.45, 2.75) is 13.3 Å². The van der Waals surface area contributed by atoms with Gasteiger partial charge in [0.1, 0.15) is 11.5 Å². The van der Waals surface area contributed by atoms with Crippen LogP contribution < -0.4 is 25.0 Å². The number of nitrogens with zero attached hydrogens (tertiary/aromatic N) is 1. The van der Waals surface area contributed by atoms with Crippen molar-refractivity contribution in [3.63, 3.8) is 0 Å². The Kier molecular flexibility index (Phi) is 8.30. The van der Waals surface area contributed by atoms with Gasteiger partial charge in [0.15, 0.2) is 0 Å². The number of carbonyl (C=O) groups excluding carboxylic acids is 2. The smallest absolute Gasteiger partial charge is 0.326 e. The minimum absolute atomic E-state index is 0.223. The first-order chi connectivity index (χ1) is 16.0. The molecule has 0 aliphatic rings. The van der Waals surface area contributed by atoms with E-state index < -0.39 is 0 Å². The Bertz CT molecular complexity index is 1060. The van der Waals surface area contributed by atoms with Crippen molar-refractivity contribution in [1.29, 1.82) is 0 Å². The third kappa shape index (κ3) is 6.49. The van der Waals surface area contributed by atoms with Gasteiger partial charge in [0.25, 0.3) is 5.91 Å². The van der Waals surface area contributed by atoms with Gasteiger partial charge >= 0.3 is 6.03 Å². The molecule has 33 heavy (non-hydrogen) atoms. The fraction of sp³-hybridized carbons (Fsp3) is 0.231. The van der Waals surface area contributed by atoms with Crippen molar-refractivity contribution in [3.8, 4) is 11.5 Å². The van der Waals surface area contributed by atoms with Crippen LogP contribution in [0.4, 0.5) is 16.2 Å². The number of carbonyl (C=O) groups is 2. The SMILES string of the molecule is COc1cc(OC)cc(C(=O)NCCCN(C(=O)Nc2ccccc2C)c2ccccc2)c1. The Morgan fingerprint density at radius 2 is 1.52 bits per heavy atom. The van der Waals surface area contributed by atoms with Crippen molar-refractivity contribution in [2.24, 2.45) is 0 Å². The summed E-state index contributed by atoms with van der Waals surface area (Å²) >= 11 is 0. The van der Waals surface area contributed by atoms with E-state index in [2.05, 4.69) is 10.6 Å². The maximum Gasteiger partial charge on any atom is 0.326 e. The molecule has 3 aromatic carbocycles. The van der Waals surface area contributed by atoms with Crippen molar-refractivity contribution < 1.29 is 19.1 Å². The fourth-order valence-corrected chi connectivity index (χ4v) is 3.33. The van der Waals surface area contributed by atoms with Crippen LogP contribution in [-0.2, 0) is 0 Å². The monoisotopic (exact) mass is 447 g/mol. The number of hydrogen-bond acceptors (Lipinski definition) is 4. The van der Waals surface area contributed by atoms with Crippen LogP contribution in [0.15, 0.2) is 72.8 Å². The predicted molar refractivity (Wildman–Crippen MR) is 130 cm³/mol. The molecule has 0 unspecified atom stereocenters. The van der Waals surface area contributed by atoms with Crippen LogP contribution in [0.3, 0.4) is 0 Å². The average Bonchev–Trinajstić information content (AvgIpc) is 2.85. The standard InChI is InChI=1S/C26H29N3O4/c1-19-10-7-8-13-24(19)28-26(31)29(21-11-5-4-6-12-21)15-9-14-27-25(30)20-16-22(32-2)18-23(17-20)33-3/h4-8,10-13,16-18H,9,14-15H2,1-3H3,(H,27,30)(H,28,31). The Labute approximate surface area is 194 Å². The van der Waals surface area contributed by atoms with Crippen LogP contribution in [0.5, 0.6) is 11.5 Å². The maximum absolute atomic E-state index is 13.1. The number of amides is 3. The lowest BCUT2D eigenvalue weighted by Crippen LogP contribution is -2.37. The lowest BCUT2D eigenvalue weighted by molar-refractivity contribution is 0.0952. The second-order valence-corrected chi connectivity index (χ2v) is 7.44. The van der Waals surface area contributed by atoms with Gasteiger partial charge in [-0.25, -0.2) is 4.79 Å². The number of para-hydroxylation sites is 2. The van der Waals surface area contributed by atoms with Gasteiger partial charge in [0, 0.05) is 36.1 Å². The first-order valence-electron chi connectivity index (χ1n) is 10.7. The molecule has 0 spiro atoms. The zero-order valence-electron chi connectivity index (χ0n) is 19.1. The normalized spacial score (nSPS) is 10.3. The van der Waals surface area contributed by atoms with E-state index in [0.29, 0.717) is 36.6 Å². The molecule has 2 N–H and O–H groups in total. The fourth-order valence-electron chi connectivity index (χ4n) is 3.33. The number of rotatable bonds is 9. The van der Waals surface area contributed by atoms with Crippen molar-refractivity contribution in [3.05, 3.63) is 83.9 Å². The lowest BCUT2D eigenvalue weighted by Gasteiger charge is -2.24. The molecule has 3 aromatic rings. The van der Waals surface area contributed by atoms with Gasteiger partial charge in [-0.3, -0.25) is 9.69 Å². The summed E-state index contributed by atoms with van der Waals surface area (Å²) in [5.41, 5.74) is 2.99. The number of aryl methyl sites for hydroxylation is 1. The van der Waals surface area contributed by atoms with Crippen LogP contribution >= 0.6 is 0 Å². The molecule has 7 nitrogen and oxygen atoms in total. The van der Waals surface area contributed by atoms with Crippen LogP contribution in [-0.4, -0.2) is 39.2 Å². The molecule has 0 bridgehead atoms. The summed E-state index contributed by atoms with van der Waals surface area (Å²) < 4.78 is 10.5. The highest BCUT2D eigenvalue weighted by molar-refractivity contribution is 6.02. The summed E-state index contributed by atoms with van der Waals surface area (Å²) in [7, 11) is 3.08. The first-order valence-corrected chi connectivity index (χ1v) is 10.7. The number of benzene rings is 3. The minimum atomic E-state index is -0.233. The topological polar surface area (TPSA) is 79.9 Å². The molecular weight excluding hydrogens is 418 g/mol. The molecule has 0 saturated heterocycles. The number of ether oxygens (including phenoxy) is 2. The van der Waals surface area contributed by atoms with Crippen LogP contribution in [0.25, 0.3) is 0 Å². The van der Waals surface area contributed by atoms with E-state index in [4.69, 9.17) is 9.47 Å². The molecular formula is C26H29N3O4. The lowest BCUT2D eigenvalue weighted by atomic mass is 10.2. The second-order valence-electron chi connectivity index (χ2n) is 7.44. The van der Waals surface area contributed by atoms with Crippen molar-refractivity contribution in [1.82, 2.24) is 5.32 Å². The Morgan fingerprint density at radius 3 is 2.15 bits per heavy atom. The highest BCUT2D eigenvalue weighted by atomic mass is 16.5. The van der Waals surface area contributed by atoms with Gasteiger partial charge in [-0.1, -0.05) is 36.4 Å². The van der Waals surface area contributed by atoms with E-state index in [1.165, 1.54) is 14.2 Å². The summed E-state index contributed by atoms with van der Waals surface area (Å²) in [6, 6.07) is 21.9. The third-order valence-electron chi connectivity index (χ3n) is 5.16. The minimum Gasteiger partial charge on any atom is -0.497 e. The van der Waals surface area contributed by atoms with E-state index in [1.807, 2.05) is 61.5 Å². The van der Waals surface area contributed by atoms with Gasteiger partial charge < -0.3 is 20.1 Å². The largest absolute Gasteiger partial charge is 0.497 e. The molecule has 0 saturated carbocycles. The van der Waals surface area contributed by atoms with Gasteiger partial charge in [-0.05, 0) is 49.2 Å². The second kappa shape index (κ2) is 11.6. The maximum atomic E-state index is 13.1. The summed E-state index contributed by atoms with van der Waals surface area (Å²) in [5, 5.41) is 5.88. The number of nitrogens with one attached hydrogen (secondary N) is 2. The molecule has 0 aliphatic heterocycles. The summed E-state index contributed by atoms with van der Waals surface area (Å²) in [4.78, 5) is 27.3. The quantitative estimate of drug-likeness (QED) is 0.459. The summed E-state index contributed by atoms with van der Waals surface area (Å²) in [5.74, 6) is 0.855. The zero-order chi connectivity index (χ0) is 23.6. The summed E-state index contributed by atoms with van der Waals surface area (Å²) in [6.45, 7) is 2.79. The Hall–Kier alpha value is -4.00. The molecule has 0 heterocycles. The van der Waals surface area contributed by atoms with Crippen LogP contribution in [0.1, 0.15) is 22.3 Å². The highest BCUT2D eigenvalue weighted by Gasteiger charge is 2.17. The zero-order valence-corrected chi connectivity index (χ0v) is 19.1. The van der Waals surface area contributed by atoms with Crippen LogP contribution in [0, 0.1) is 6.92 Å². The first kappa shape index (κ1) is 23.7. The van der Waals surface area contributed by atoms with E-state index in [9.17, 15) is 9.59 Å². The predicted octanol–water partition coefficient (Wildman–Crippen LogP) is 4.87. The molecule has 0 aliphatic carbocycles. The molecule has 0 fully saturated rings.